The molecule has 1 aliphatic rings. The number of amides is 1. The number of piperazine rings is 1. The Balaban J connectivity index is 1.49. The number of carbonyl (C=O) groups excluding carboxylic acids is 1. The Morgan fingerprint density at radius 2 is 1.89 bits per heavy atom. The van der Waals surface area contributed by atoms with Gasteiger partial charge >= 0.3 is 0 Å². The van der Waals surface area contributed by atoms with E-state index in [1.165, 1.54) is 5.56 Å². The molecule has 1 amide bonds. The van der Waals surface area contributed by atoms with E-state index >= 15 is 0 Å². The predicted octanol–water partition coefficient (Wildman–Crippen LogP) is 2.91. The minimum absolute atomic E-state index is 0.169. The zero-order valence-electron chi connectivity index (χ0n) is 16.4. The molecule has 144 valence electrons. The van der Waals surface area contributed by atoms with Crippen molar-refractivity contribution in [2.75, 3.05) is 26.2 Å². The monoisotopic (exact) mass is 375 g/mol. The van der Waals surface area contributed by atoms with Gasteiger partial charge in [0.1, 0.15) is 0 Å². The van der Waals surface area contributed by atoms with Crippen LogP contribution in [0.3, 0.4) is 0 Å². The van der Waals surface area contributed by atoms with Crippen LogP contribution in [0.4, 0.5) is 0 Å². The van der Waals surface area contributed by atoms with E-state index in [9.17, 15) is 4.79 Å². The van der Waals surface area contributed by atoms with Crippen LogP contribution < -0.4 is 0 Å². The fourth-order valence-corrected chi connectivity index (χ4v) is 3.62. The summed E-state index contributed by atoms with van der Waals surface area (Å²) >= 11 is 0. The molecule has 1 saturated heterocycles. The van der Waals surface area contributed by atoms with Gasteiger partial charge in [-0.05, 0) is 30.2 Å². The number of aromatic nitrogens is 3. The number of aryl methyl sites for hydroxylation is 1. The predicted molar refractivity (Wildman–Crippen MR) is 109 cm³/mol. The van der Waals surface area contributed by atoms with Crippen LogP contribution in [-0.2, 0) is 11.3 Å². The zero-order chi connectivity index (χ0) is 19.5. The van der Waals surface area contributed by atoms with Gasteiger partial charge < -0.3 is 9.47 Å². The lowest BCUT2D eigenvalue weighted by Crippen LogP contribution is -2.47. The number of pyridine rings is 1. The molecule has 28 heavy (non-hydrogen) atoms. The average molecular weight is 375 g/mol. The van der Waals surface area contributed by atoms with E-state index in [1.54, 1.807) is 6.92 Å². The van der Waals surface area contributed by atoms with E-state index in [0.717, 1.165) is 55.2 Å². The molecule has 6 heteroatoms. The molecule has 4 rings (SSSR count). The first-order chi connectivity index (χ1) is 13.6. The van der Waals surface area contributed by atoms with Gasteiger partial charge in [-0.25, -0.2) is 4.98 Å². The van der Waals surface area contributed by atoms with Crippen molar-refractivity contribution in [2.24, 2.45) is 0 Å². The molecule has 0 radical (unpaired) electrons. The summed E-state index contributed by atoms with van der Waals surface area (Å²) in [6, 6.07) is 10.8. The fourth-order valence-electron chi connectivity index (χ4n) is 3.62. The summed E-state index contributed by atoms with van der Waals surface area (Å²) in [5.41, 5.74) is 5.51. The fraction of sp³-hybridized carbons (Fsp3) is 0.318. The van der Waals surface area contributed by atoms with Gasteiger partial charge in [-0.2, -0.15) is 0 Å². The maximum absolute atomic E-state index is 11.5. The number of nitrogens with zero attached hydrogens (tertiary/aromatic N) is 5. The lowest BCUT2D eigenvalue weighted by molar-refractivity contribution is -0.130. The number of imidazole rings is 1. The van der Waals surface area contributed by atoms with Crippen LogP contribution in [0, 0.1) is 6.92 Å². The first kappa shape index (κ1) is 18.4. The Morgan fingerprint density at radius 1 is 1.07 bits per heavy atom. The molecule has 3 aromatic rings. The summed E-state index contributed by atoms with van der Waals surface area (Å²) in [4.78, 5) is 24.5. The van der Waals surface area contributed by atoms with Gasteiger partial charge in [-0.15, -0.1) is 0 Å². The van der Waals surface area contributed by atoms with Gasteiger partial charge in [0, 0.05) is 57.6 Å². The average Bonchev–Trinajstić information content (AvgIpc) is 3.15. The van der Waals surface area contributed by atoms with E-state index in [0.29, 0.717) is 0 Å². The van der Waals surface area contributed by atoms with Crippen molar-refractivity contribution in [1.29, 1.82) is 0 Å². The van der Waals surface area contributed by atoms with E-state index in [4.69, 9.17) is 0 Å². The standard InChI is InChI=1S/C22H25N5O/c1-17-14-27(16-24-17)22-11-21(12-23-13-22)20-5-3-4-19(10-20)15-25-6-8-26(9-7-25)18(2)28/h3-5,10-14,16H,6-9,15H2,1-2H3. The summed E-state index contributed by atoms with van der Waals surface area (Å²) < 4.78 is 1.99. The van der Waals surface area contributed by atoms with Crippen LogP contribution in [0.5, 0.6) is 0 Å². The second-order valence-corrected chi connectivity index (χ2v) is 7.34. The van der Waals surface area contributed by atoms with Crippen LogP contribution >= 0.6 is 0 Å². The van der Waals surface area contributed by atoms with Crippen LogP contribution in [0.15, 0.2) is 55.2 Å². The Kier molecular flexibility index (Phi) is 5.21. The summed E-state index contributed by atoms with van der Waals surface area (Å²) in [6.45, 7) is 7.98. The first-order valence-corrected chi connectivity index (χ1v) is 9.62. The van der Waals surface area contributed by atoms with Crippen LogP contribution in [0.1, 0.15) is 18.2 Å². The molecule has 1 aliphatic heterocycles. The molecule has 1 fully saturated rings. The number of rotatable bonds is 4. The third-order valence-corrected chi connectivity index (χ3v) is 5.22. The van der Waals surface area contributed by atoms with Gasteiger partial charge in [0.2, 0.25) is 5.91 Å². The van der Waals surface area contributed by atoms with Crippen molar-refractivity contribution in [3.05, 3.63) is 66.5 Å². The number of benzene rings is 1. The van der Waals surface area contributed by atoms with Gasteiger partial charge in [0.25, 0.3) is 0 Å². The molecule has 2 aromatic heterocycles. The molecule has 0 N–H and O–H groups in total. The third kappa shape index (κ3) is 4.12. The Bertz CT molecular complexity index is 972. The Labute approximate surface area is 165 Å². The Hall–Kier alpha value is -2.99. The SMILES string of the molecule is CC(=O)N1CCN(Cc2cccc(-c3cncc(-n4cnc(C)c4)c3)c2)CC1. The largest absolute Gasteiger partial charge is 0.340 e. The maximum atomic E-state index is 11.5. The van der Waals surface area contributed by atoms with Gasteiger partial charge in [-0.1, -0.05) is 18.2 Å². The van der Waals surface area contributed by atoms with Crippen molar-refractivity contribution in [3.8, 4) is 16.8 Å². The van der Waals surface area contributed by atoms with E-state index in [-0.39, 0.29) is 5.91 Å². The number of hydrogen-bond acceptors (Lipinski definition) is 4. The van der Waals surface area contributed by atoms with Crippen molar-refractivity contribution in [1.82, 2.24) is 24.3 Å². The highest BCUT2D eigenvalue weighted by Gasteiger charge is 2.18. The molecule has 0 bridgehead atoms. The van der Waals surface area contributed by atoms with E-state index in [1.807, 2.05) is 41.3 Å². The van der Waals surface area contributed by atoms with Crippen LogP contribution in [0.2, 0.25) is 0 Å². The Morgan fingerprint density at radius 3 is 2.61 bits per heavy atom. The van der Waals surface area contributed by atoms with Crippen LogP contribution in [0.25, 0.3) is 16.8 Å². The highest BCUT2D eigenvalue weighted by atomic mass is 16.2. The lowest BCUT2D eigenvalue weighted by atomic mass is 10.0. The zero-order valence-corrected chi connectivity index (χ0v) is 16.4. The highest BCUT2D eigenvalue weighted by molar-refractivity contribution is 5.73. The number of hydrogen-bond donors (Lipinski definition) is 0. The minimum Gasteiger partial charge on any atom is -0.340 e. The molecular weight excluding hydrogens is 350 g/mol. The van der Waals surface area contributed by atoms with Crippen molar-refractivity contribution in [3.63, 3.8) is 0 Å². The van der Waals surface area contributed by atoms with E-state index < -0.39 is 0 Å². The molecule has 0 unspecified atom stereocenters. The highest BCUT2D eigenvalue weighted by Crippen LogP contribution is 2.23. The molecule has 6 nitrogen and oxygen atoms in total. The molecule has 0 saturated carbocycles. The molecule has 0 spiro atoms. The third-order valence-electron chi connectivity index (χ3n) is 5.22. The number of carbonyl (C=O) groups is 1. The maximum Gasteiger partial charge on any atom is 0.219 e. The first-order valence-electron chi connectivity index (χ1n) is 9.62. The van der Waals surface area contributed by atoms with Gasteiger partial charge in [-0.3, -0.25) is 14.7 Å². The summed E-state index contributed by atoms with van der Waals surface area (Å²) in [5.74, 6) is 0.169. The van der Waals surface area contributed by atoms with E-state index in [2.05, 4.69) is 45.2 Å². The van der Waals surface area contributed by atoms with Crippen molar-refractivity contribution in [2.45, 2.75) is 20.4 Å². The minimum atomic E-state index is 0.169. The van der Waals surface area contributed by atoms with Crippen molar-refractivity contribution < 1.29 is 4.79 Å². The summed E-state index contributed by atoms with van der Waals surface area (Å²) in [6.07, 6.45) is 7.56. The molecule has 0 aliphatic carbocycles. The molecular formula is C22H25N5O. The lowest BCUT2D eigenvalue weighted by Gasteiger charge is -2.34. The molecule has 1 aromatic carbocycles. The van der Waals surface area contributed by atoms with Crippen molar-refractivity contribution >= 4 is 5.91 Å². The summed E-state index contributed by atoms with van der Waals surface area (Å²) in [5, 5.41) is 0. The topological polar surface area (TPSA) is 54.3 Å². The second-order valence-electron chi connectivity index (χ2n) is 7.34. The smallest absolute Gasteiger partial charge is 0.219 e. The second kappa shape index (κ2) is 7.94. The summed E-state index contributed by atoms with van der Waals surface area (Å²) in [7, 11) is 0. The quantitative estimate of drug-likeness (QED) is 0.704. The van der Waals surface area contributed by atoms with Gasteiger partial charge in [0.05, 0.1) is 23.9 Å². The van der Waals surface area contributed by atoms with Crippen LogP contribution in [-0.4, -0.2) is 56.4 Å². The van der Waals surface area contributed by atoms with Gasteiger partial charge in [0.15, 0.2) is 0 Å². The molecule has 0 atom stereocenters. The molecule has 3 heterocycles. The normalized spacial score (nSPS) is 15.0.